The summed E-state index contributed by atoms with van der Waals surface area (Å²) < 4.78 is 5.75. The molecule has 0 radical (unpaired) electrons. The highest BCUT2D eigenvalue weighted by molar-refractivity contribution is 7.99. The van der Waals surface area contributed by atoms with Gasteiger partial charge in [0.2, 0.25) is 11.7 Å². The van der Waals surface area contributed by atoms with E-state index in [1.165, 1.54) is 63.5 Å². The smallest absolute Gasteiger partial charge is 0.240 e. The zero-order chi connectivity index (χ0) is 16.2. The second kappa shape index (κ2) is 7.30. The summed E-state index contributed by atoms with van der Waals surface area (Å²) in [6, 6.07) is 10.2. The third-order valence-corrected chi connectivity index (χ3v) is 7.21. The molecule has 0 amide bonds. The number of aromatic nitrogens is 2. The van der Waals surface area contributed by atoms with Gasteiger partial charge in [-0.3, -0.25) is 0 Å². The second-order valence-corrected chi connectivity index (χ2v) is 8.52. The molecule has 1 spiro atoms. The minimum atomic E-state index is 0.384. The van der Waals surface area contributed by atoms with E-state index in [-0.39, 0.29) is 0 Å². The van der Waals surface area contributed by atoms with Crippen LogP contribution in [0.1, 0.15) is 68.9 Å². The molecule has 0 bridgehead atoms. The lowest BCUT2D eigenvalue weighted by atomic mass is 9.73. The molecule has 3 nitrogen and oxygen atoms in total. The quantitative estimate of drug-likeness (QED) is 0.667. The van der Waals surface area contributed by atoms with E-state index in [0.29, 0.717) is 10.7 Å². The van der Waals surface area contributed by atoms with Gasteiger partial charge in [-0.25, -0.2) is 0 Å². The van der Waals surface area contributed by atoms with Crippen molar-refractivity contribution in [3.8, 4) is 11.4 Å². The lowest BCUT2D eigenvalue weighted by molar-refractivity contribution is 0.199. The minimum Gasteiger partial charge on any atom is -0.338 e. The predicted molar refractivity (Wildman–Crippen MR) is 98.9 cm³/mol. The van der Waals surface area contributed by atoms with E-state index < -0.39 is 0 Å². The van der Waals surface area contributed by atoms with Gasteiger partial charge in [0.1, 0.15) is 0 Å². The summed E-state index contributed by atoms with van der Waals surface area (Å²) in [5.41, 5.74) is 1.43. The van der Waals surface area contributed by atoms with Gasteiger partial charge in [0, 0.05) is 5.56 Å². The van der Waals surface area contributed by atoms with Crippen molar-refractivity contribution in [1.29, 1.82) is 0 Å². The molecular formula is C20H26N2OS. The first kappa shape index (κ1) is 16.2. The van der Waals surface area contributed by atoms with Crippen molar-refractivity contribution in [3.63, 3.8) is 0 Å². The average molecular weight is 343 g/mol. The fourth-order valence-corrected chi connectivity index (χ4v) is 6.07. The normalized spacial score (nSPS) is 24.4. The van der Waals surface area contributed by atoms with E-state index in [0.717, 1.165) is 17.3 Å². The molecule has 0 N–H and O–H groups in total. The van der Waals surface area contributed by atoms with Gasteiger partial charge in [0.15, 0.2) is 0 Å². The molecule has 1 atom stereocenters. The van der Waals surface area contributed by atoms with Crippen molar-refractivity contribution < 1.29 is 4.52 Å². The van der Waals surface area contributed by atoms with Crippen molar-refractivity contribution in [1.82, 2.24) is 10.1 Å². The predicted octanol–water partition coefficient (Wildman–Crippen LogP) is 6.04. The van der Waals surface area contributed by atoms with Crippen molar-refractivity contribution in [2.75, 3.05) is 5.75 Å². The van der Waals surface area contributed by atoms with Gasteiger partial charge in [0.05, 0.1) is 5.25 Å². The third kappa shape index (κ3) is 3.26. The van der Waals surface area contributed by atoms with E-state index in [1.807, 2.05) is 42.1 Å². The molecule has 1 unspecified atom stereocenters. The Morgan fingerprint density at radius 2 is 1.62 bits per heavy atom. The van der Waals surface area contributed by atoms with E-state index in [9.17, 15) is 0 Å². The first-order valence-corrected chi connectivity index (χ1v) is 10.4. The van der Waals surface area contributed by atoms with Gasteiger partial charge >= 0.3 is 0 Å². The Hall–Kier alpha value is -1.29. The summed E-state index contributed by atoms with van der Waals surface area (Å²) in [6.07, 6.45) is 12.3. The van der Waals surface area contributed by atoms with Crippen molar-refractivity contribution in [2.24, 2.45) is 5.41 Å². The second-order valence-electron chi connectivity index (χ2n) is 7.31. The van der Waals surface area contributed by atoms with Crippen molar-refractivity contribution in [2.45, 2.75) is 63.0 Å². The maximum absolute atomic E-state index is 5.75. The molecule has 128 valence electrons. The van der Waals surface area contributed by atoms with Crippen LogP contribution in [0.4, 0.5) is 0 Å². The maximum Gasteiger partial charge on any atom is 0.240 e. The van der Waals surface area contributed by atoms with Gasteiger partial charge in [-0.15, -0.1) is 11.8 Å². The molecule has 2 heterocycles. The number of nitrogens with zero attached hydrogens (tertiary/aromatic N) is 2. The lowest BCUT2D eigenvalue weighted by Crippen LogP contribution is -2.23. The Balaban J connectivity index is 1.59. The summed E-state index contributed by atoms with van der Waals surface area (Å²) >= 11 is 2.04. The largest absolute Gasteiger partial charge is 0.338 e. The number of benzene rings is 1. The fraction of sp³-hybridized carbons (Fsp3) is 0.600. The van der Waals surface area contributed by atoms with Crippen molar-refractivity contribution in [3.05, 3.63) is 36.2 Å². The van der Waals surface area contributed by atoms with Crippen LogP contribution in [-0.2, 0) is 0 Å². The topological polar surface area (TPSA) is 38.9 Å². The molecule has 1 aliphatic carbocycles. The third-order valence-electron chi connectivity index (χ3n) is 5.74. The SMILES string of the molecule is c1ccc(-c2noc(C3SCCC34CCCCCCCC4)n2)cc1. The minimum absolute atomic E-state index is 0.384. The summed E-state index contributed by atoms with van der Waals surface area (Å²) in [6.45, 7) is 0. The van der Waals surface area contributed by atoms with E-state index in [1.54, 1.807) is 0 Å². The summed E-state index contributed by atoms with van der Waals surface area (Å²) in [5, 5.41) is 4.66. The summed E-state index contributed by atoms with van der Waals surface area (Å²) in [4.78, 5) is 4.79. The molecule has 4 heteroatoms. The van der Waals surface area contributed by atoms with Crippen LogP contribution in [0.3, 0.4) is 0 Å². The molecule has 1 aliphatic heterocycles. The Morgan fingerprint density at radius 3 is 2.38 bits per heavy atom. The van der Waals surface area contributed by atoms with Gasteiger partial charge in [-0.1, -0.05) is 74.0 Å². The summed E-state index contributed by atoms with van der Waals surface area (Å²) in [7, 11) is 0. The van der Waals surface area contributed by atoms with Crippen LogP contribution < -0.4 is 0 Å². The first-order valence-electron chi connectivity index (χ1n) is 9.38. The fourth-order valence-electron chi connectivity index (χ4n) is 4.37. The summed E-state index contributed by atoms with van der Waals surface area (Å²) in [5.74, 6) is 2.82. The van der Waals surface area contributed by atoms with Gasteiger partial charge in [-0.2, -0.15) is 4.98 Å². The number of hydrogen-bond acceptors (Lipinski definition) is 4. The monoisotopic (exact) mass is 342 g/mol. The molecule has 24 heavy (non-hydrogen) atoms. The highest BCUT2D eigenvalue weighted by Crippen LogP contribution is 2.58. The first-order chi connectivity index (χ1) is 11.9. The van der Waals surface area contributed by atoms with Gasteiger partial charge in [-0.05, 0) is 30.4 Å². The highest BCUT2D eigenvalue weighted by Gasteiger charge is 2.46. The van der Waals surface area contributed by atoms with Crippen LogP contribution in [0.5, 0.6) is 0 Å². The molecule has 1 saturated carbocycles. The Morgan fingerprint density at radius 1 is 0.917 bits per heavy atom. The van der Waals surface area contributed by atoms with Crippen LogP contribution in [0, 0.1) is 5.41 Å². The zero-order valence-electron chi connectivity index (χ0n) is 14.2. The molecular weight excluding hydrogens is 316 g/mol. The molecule has 2 fully saturated rings. The lowest BCUT2D eigenvalue weighted by Gasteiger charge is -2.33. The molecule has 2 aromatic rings. The molecule has 2 aliphatic rings. The van der Waals surface area contributed by atoms with E-state index in [2.05, 4.69) is 5.16 Å². The van der Waals surface area contributed by atoms with Gasteiger partial charge in [0.25, 0.3) is 0 Å². The molecule has 1 saturated heterocycles. The highest BCUT2D eigenvalue weighted by atomic mass is 32.2. The van der Waals surface area contributed by atoms with E-state index in [4.69, 9.17) is 9.51 Å². The average Bonchev–Trinajstić information content (AvgIpc) is 3.27. The van der Waals surface area contributed by atoms with Crippen LogP contribution in [0.2, 0.25) is 0 Å². The number of rotatable bonds is 2. The maximum atomic E-state index is 5.75. The molecule has 1 aromatic heterocycles. The zero-order valence-corrected chi connectivity index (χ0v) is 15.1. The van der Waals surface area contributed by atoms with Crippen LogP contribution in [0.25, 0.3) is 11.4 Å². The van der Waals surface area contributed by atoms with Crippen LogP contribution in [-0.4, -0.2) is 15.9 Å². The number of thioether (sulfide) groups is 1. The Kier molecular flexibility index (Phi) is 4.93. The van der Waals surface area contributed by atoms with Crippen LogP contribution in [0.15, 0.2) is 34.9 Å². The van der Waals surface area contributed by atoms with Gasteiger partial charge < -0.3 is 4.52 Å². The molecule has 4 rings (SSSR count). The van der Waals surface area contributed by atoms with Crippen molar-refractivity contribution >= 4 is 11.8 Å². The standard InChI is InChI=1S/C20H26N2OS/c1-2-4-9-13-20(12-8-3-1)14-15-24-17(20)19-21-18(22-23-19)16-10-6-5-7-11-16/h5-7,10-11,17H,1-4,8-9,12-15H2. The number of hydrogen-bond donors (Lipinski definition) is 0. The van der Waals surface area contributed by atoms with Crippen LogP contribution >= 0.6 is 11.8 Å². The van der Waals surface area contributed by atoms with E-state index >= 15 is 0 Å². The Labute approximate surface area is 148 Å². The molecule has 1 aromatic carbocycles. The Bertz CT molecular complexity index is 645.